The van der Waals surface area contributed by atoms with Crippen LogP contribution in [0.25, 0.3) is 5.65 Å². The Hall–Kier alpha value is -2.06. The summed E-state index contributed by atoms with van der Waals surface area (Å²) in [6, 6.07) is 4.58. The van der Waals surface area contributed by atoms with Gasteiger partial charge in [-0.1, -0.05) is 29.4 Å². The van der Waals surface area contributed by atoms with Crippen molar-refractivity contribution in [2.75, 3.05) is 5.75 Å². The summed E-state index contributed by atoms with van der Waals surface area (Å²) in [6.45, 7) is 5.74. The highest BCUT2D eigenvalue weighted by molar-refractivity contribution is 7.99. The molecule has 0 radical (unpaired) electrons. The second kappa shape index (κ2) is 7.16. The van der Waals surface area contributed by atoms with E-state index >= 15 is 0 Å². The van der Waals surface area contributed by atoms with Gasteiger partial charge in [-0.2, -0.15) is 13.2 Å². The molecule has 0 aliphatic rings. The van der Waals surface area contributed by atoms with Gasteiger partial charge >= 0.3 is 6.18 Å². The van der Waals surface area contributed by atoms with Crippen LogP contribution in [0.1, 0.15) is 32.6 Å². The number of aryl methyl sites for hydroxylation is 3. The Morgan fingerprint density at radius 1 is 1.11 bits per heavy atom. The average Bonchev–Trinajstić information content (AvgIpc) is 2.99. The molecule has 0 aliphatic heterocycles. The number of benzene rings is 1. The molecule has 0 aliphatic carbocycles. The Labute approximate surface area is 162 Å². The van der Waals surface area contributed by atoms with Crippen molar-refractivity contribution in [3.8, 4) is 0 Å². The normalized spacial score (nSPS) is 12.0. The standard InChI is InChI=1S/C18H15ClF3N3OS/c1-9-4-11(3)13(5-10(9)2)15(26)8-27-17-24-23-16-14(19)6-12(7-25(16)17)18(20,21)22/h4-7H,8H2,1-3H3. The van der Waals surface area contributed by atoms with Crippen LogP contribution in [-0.2, 0) is 6.18 Å². The van der Waals surface area contributed by atoms with Gasteiger partial charge in [0.15, 0.2) is 16.6 Å². The minimum Gasteiger partial charge on any atom is -0.293 e. The quantitative estimate of drug-likeness (QED) is 0.430. The lowest BCUT2D eigenvalue weighted by Gasteiger charge is -2.10. The summed E-state index contributed by atoms with van der Waals surface area (Å²) in [6.07, 6.45) is -3.66. The van der Waals surface area contributed by atoms with E-state index in [4.69, 9.17) is 11.6 Å². The topological polar surface area (TPSA) is 47.3 Å². The van der Waals surface area contributed by atoms with E-state index in [0.29, 0.717) is 5.56 Å². The number of fused-ring (bicyclic) bond motifs is 1. The fourth-order valence-electron chi connectivity index (χ4n) is 2.66. The third kappa shape index (κ3) is 3.96. The summed E-state index contributed by atoms with van der Waals surface area (Å²) in [7, 11) is 0. The summed E-state index contributed by atoms with van der Waals surface area (Å²) < 4.78 is 40.2. The first kappa shape index (κ1) is 19.7. The number of carbonyl (C=O) groups excluding carboxylic acids is 1. The van der Waals surface area contributed by atoms with E-state index in [1.807, 2.05) is 32.9 Å². The number of halogens is 4. The third-order valence-corrected chi connectivity index (χ3v) is 5.45. The van der Waals surface area contributed by atoms with E-state index in [-0.39, 0.29) is 27.4 Å². The van der Waals surface area contributed by atoms with Gasteiger partial charge < -0.3 is 0 Å². The van der Waals surface area contributed by atoms with Crippen LogP contribution in [0.5, 0.6) is 0 Å². The van der Waals surface area contributed by atoms with E-state index in [1.54, 1.807) is 0 Å². The summed E-state index contributed by atoms with van der Waals surface area (Å²) in [4.78, 5) is 12.6. The maximum absolute atomic E-state index is 13.0. The van der Waals surface area contributed by atoms with E-state index in [9.17, 15) is 18.0 Å². The van der Waals surface area contributed by atoms with Crippen LogP contribution in [0.2, 0.25) is 5.02 Å². The van der Waals surface area contributed by atoms with Crippen molar-refractivity contribution in [2.24, 2.45) is 0 Å². The maximum Gasteiger partial charge on any atom is 0.417 e. The number of alkyl halides is 3. The molecule has 0 amide bonds. The molecule has 2 heterocycles. The Kier molecular flexibility index (Phi) is 5.22. The highest BCUT2D eigenvalue weighted by Crippen LogP contribution is 2.33. The number of hydrogen-bond acceptors (Lipinski definition) is 4. The number of thioether (sulfide) groups is 1. The summed E-state index contributed by atoms with van der Waals surface area (Å²) in [5.41, 5.74) is 2.75. The van der Waals surface area contributed by atoms with Crippen molar-refractivity contribution < 1.29 is 18.0 Å². The van der Waals surface area contributed by atoms with Gasteiger partial charge in [0.1, 0.15) is 0 Å². The average molecular weight is 414 g/mol. The van der Waals surface area contributed by atoms with Crippen LogP contribution >= 0.6 is 23.4 Å². The van der Waals surface area contributed by atoms with E-state index < -0.39 is 11.7 Å². The summed E-state index contributed by atoms with van der Waals surface area (Å²) in [5.74, 6) is -0.103. The van der Waals surface area contributed by atoms with Gasteiger partial charge in [0, 0.05) is 11.8 Å². The van der Waals surface area contributed by atoms with Gasteiger partial charge in [0.2, 0.25) is 0 Å². The van der Waals surface area contributed by atoms with Crippen molar-refractivity contribution in [1.82, 2.24) is 14.6 Å². The zero-order valence-electron chi connectivity index (χ0n) is 14.7. The molecular weight excluding hydrogens is 399 g/mol. The van der Waals surface area contributed by atoms with Crippen LogP contribution in [0, 0.1) is 20.8 Å². The molecule has 0 atom stereocenters. The van der Waals surface area contributed by atoms with Gasteiger partial charge in [-0.05, 0) is 49.6 Å². The number of ketones is 1. The van der Waals surface area contributed by atoms with Crippen LogP contribution in [0.3, 0.4) is 0 Å². The predicted molar refractivity (Wildman–Crippen MR) is 98.7 cm³/mol. The predicted octanol–water partition coefficient (Wildman–Crippen LogP) is 5.30. The number of Topliss-reactive ketones (excluding diaryl/α,β-unsaturated/α-hetero) is 1. The van der Waals surface area contributed by atoms with E-state index in [1.165, 1.54) is 0 Å². The van der Waals surface area contributed by atoms with Gasteiger partial charge in [-0.25, -0.2) is 0 Å². The van der Waals surface area contributed by atoms with Gasteiger partial charge in [-0.3, -0.25) is 9.20 Å². The van der Waals surface area contributed by atoms with Crippen molar-refractivity contribution in [1.29, 1.82) is 0 Å². The van der Waals surface area contributed by atoms with Gasteiger partial charge in [0.25, 0.3) is 0 Å². The van der Waals surface area contributed by atoms with Crippen molar-refractivity contribution in [3.05, 3.63) is 57.2 Å². The first-order valence-corrected chi connectivity index (χ1v) is 9.29. The maximum atomic E-state index is 13.0. The molecule has 9 heteroatoms. The van der Waals surface area contributed by atoms with Crippen molar-refractivity contribution in [2.45, 2.75) is 32.1 Å². The van der Waals surface area contributed by atoms with Crippen LogP contribution in [0.15, 0.2) is 29.6 Å². The van der Waals surface area contributed by atoms with E-state index in [0.717, 1.165) is 45.1 Å². The molecular formula is C18H15ClF3N3OS. The molecule has 3 aromatic rings. The number of nitrogens with zero attached hydrogens (tertiary/aromatic N) is 3. The SMILES string of the molecule is Cc1cc(C)c(C(=O)CSc2nnc3c(Cl)cc(C(F)(F)F)cn23)cc1C. The van der Waals surface area contributed by atoms with Crippen molar-refractivity contribution >= 4 is 34.8 Å². The first-order chi connectivity index (χ1) is 12.6. The molecule has 0 spiro atoms. The molecule has 3 rings (SSSR count). The molecule has 0 saturated carbocycles. The fourth-order valence-corrected chi connectivity index (χ4v) is 3.69. The molecule has 2 aromatic heterocycles. The monoisotopic (exact) mass is 413 g/mol. The Morgan fingerprint density at radius 2 is 1.78 bits per heavy atom. The zero-order chi connectivity index (χ0) is 19.9. The lowest BCUT2D eigenvalue weighted by Crippen LogP contribution is -2.08. The molecule has 4 nitrogen and oxygen atoms in total. The summed E-state index contributed by atoms with van der Waals surface area (Å²) >= 11 is 6.91. The molecule has 0 bridgehead atoms. The lowest BCUT2D eigenvalue weighted by atomic mass is 9.99. The third-order valence-electron chi connectivity index (χ3n) is 4.23. The Morgan fingerprint density at radius 3 is 2.44 bits per heavy atom. The molecule has 142 valence electrons. The van der Waals surface area contributed by atoms with Gasteiger partial charge in [0.05, 0.1) is 16.3 Å². The molecule has 0 saturated heterocycles. The van der Waals surface area contributed by atoms with Crippen LogP contribution < -0.4 is 0 Å². The molecule has 0 N–H and O–H groups in total. The number of rotatable bonds is 4. The highest BCUT2D eigenvalue weighted by Gasteiger charge is 2.32. The first-order valence-electron chi connectivity index (χ1n) is 7.93. The van der Waals surface area contributed by atoms with Crippen LogP contribution in [0.4, 0.5) is 13.2 Å². The molecule has 0 fully saturated rings. The van der Waals surface area contributed by atoms with Crippen molar-refractivity contribution in [3.63, 3.8) is 0 Å². The second-order valence-corrected chi connectivity index (χ2v) is 7.56. The molecule has 1 aromatic carbocycles. The number of carbonyl (C=O) groups is 1. The summed E-state index contributed by atoms with van der Waals surface area (Å²) in [5, 5.41) is 7.71. The smallest absolute Gasteiger partial charge is 0.293 e. The Bertz CT molecular complexity index is 1050. The highest BCUT2D eigenvalue weighted by atomic mass is 35.5. The van der Waals surface area contributed by atoms with Crippen LogP contribution in [-0.4, -0.2) is 26.1 Å². The Balaban J connectivity index is 1.88. The largest absolute Gasteiger partial charge is 0.417 e. The number of hydrogen-bond donors (Lipinski definition) is 0. The molecule has 27 heavy (non-hydrogen) atoms. The zero-order valence-corrected chi connectivity index (χ0v) is 16.3. The minimum absolute atomic E-state index is 0.0258. The second-order valence-electron chi connectivity index (χ2n) is 6.21. The molecule has 0 unspecified atom stereocenters. The fraction of sp³-hybridized carbons (Fsp3) is 0.278. The number of aromatic nitrogens is 3. The minimum atomic E-state index is -4.55. The number of pyridine rings is 1. The lowest BCUT2D eigenvalue weighted by molar-refractivity contribution is -0.137. The van der Waals surface area contributed by atoms with E-state index in [2.05, 4.69) is 10.2 Å². The van der Waals surface area contributed by atoms with Gasteiger partial charge in [-0.15, -0.1) is 10.2 Å².